The molecule has 0 atom stereocenters. The molecule has 8 nitrogen and oxygen atoms in total. The molecule has 3 aromatic rings. The van der Waals surface area contributed by atoms with Gasteiger partial charge in [-0.3, -0.25) is 0 Å². The van der Waals surface area contributed by atoms with Crippen LogP contribution >= 0.6 is 0 Å². The molecule has 1 N–H and O–H groups in total. The van der Waals surface area contributed by atoms with Crippen molar-refractivity contribution in [1.29, 1.82) is 0 Å². The van der Waals surface area contributed by atoms with E-state index in [2.05, 4.69) is 4.74 Å². The lowest BCUT2D eigenvalue weighted by Gasteiger charge is -2.07. The van der Waals surface area contributed by atoms with E-state index in [1.165, 1.54) is 79.9 Å². The Morgan fingerprint density at radius 3 is 1.40 bits per heavy atom. The highest BCUT2D eigenvalue weighted by molar-refractivity contribution is 5.92. The van der Waals surface area contributed by atoms with Crippen molar-refractivity contribution in [3.8, 4) is 23.0 Å². The maximum absolute atomic E-state index is 12.2. The van der Waals surface area contributed by atoms with Gasteiger partial charge in [-0.05, 0) is 72.8 Å². The Balaban J connectivity index is 1.58. The van der Waals surface area contributed by atoms with Gasteiger partial charge in [0.2, 0.25) is 0 Å². The number of esters is 2. The largest absolute Gasteiger partial charge is 0.513 e. The summed E-state index contributed by atoms with van der Waals surface area (Å²) in [5.41, 5.74) is 0.526. The molecule has 0 bridgehead atoms. The van der Waals surface area contributed by atoms with Crippen molar-refractivity contribution in [2.45, 2.75) is 0 Å². The van der Waals surface area contributed by atoms with Crippen LogP contribution in [-0.2, 0) is 4.74 Å². The molecule has 0 aromatic heterocycles. The third kappa shape index (κ3) is 5.35. The Labute approximate surface area is 171 Å². The van der Waals surface area contributed by atoms with Crippen LogP contribution in [0.2, 0.25) is 0 Å². The molecule has 0 spiro atoms. The highest BCUT2D eigenvalue weighted by atomic mass is 16.7. The van der Waals surface area contributed by atoms with Gasteiger partial charge in [0.05, 0.1) is 18.2 Å². The first kappa shape index (κ1) is 20.4. The van der Waals surface area contributed by atoms with Crippen molar-refractivity contribution < 1.29 is 38.4 Å². The van der Waals surface area contributed by atoms with Crippen LogP contribution in [0, 0.1) is 0 Å². The van der Waals surface area contributed by atoms with Crippen molar-refractivity contribution in [3.63, 3.8) is 0 Å². The van der Waals surface area contributed by atoms with E-state index in [0.29, 0.717) is 0 Å². The van der Waals surface area contributed by atoms with E-state index in [-0.39, 0.29) is 34.1 Å². The molecule has 0 aliphatic carbocycles. The molecule has 30 heavy (non-hydrogen) atoms. The molecule has 3 rings (SSSR count). The Morgan fingerprint density at radius 2 is 0.967 bits per heavy atom. The number of phenols is 1. The molecular weight excluding hydrogens is 392 g/mol. The van der Waals surface area contributed by atoms with Gasteiger partial charge >= 0.3 is 18.1 Å². The minimum Gasteiger partial charge on any atom is -0.508 e. The molecule has 0 unspecified atom stereocenters. The molecule has 0 aliphatic rings. The quantitative estimate of drug-likeness (QED) is 0.384. The monoisotopic (exact) mass is 408 g/mol. The molecule has 0 saturated heterocycles. The van der Waals surface area contributed by atoms with E-state index < -0.39 is 18.1 Å². The van der Waals surface area contributed by atoms with Crippen LogP contribution in [0.4, 0.5) is 4.79 Å². The van der Waals surface area contributed by atoms with Gasteiger partial charge in [0, 0.05) is 0 Å². The number of ether oxygens (including phenoxy) is 4. The highest BCUT2D eigenvalue weighted by Gasteiger charge is 2.12. The number of benzene rings is 3. The Kier molecular flexibility index (Phi) is 6.29. The molecule has 0 saturated carbocycles. The van der Waals surface area contributed by atoms with Crippen molar-refractivity contribution in [2.24, 2.45) is 0 Å². The van der Waals surface area contributed by atoms with Crippen molar-refractivity contribution in [3.05, 3.63) is 83.9 Å². The smallest absolute Gasteiger partial charge is 0.508 e. The van der Waals surface area contributed by atoms with Crippen LogP contribution < -0.4 is 14.2 Å². The summed E-state index contributed by atoms with van der Waals surface area (Å²) in [6, 6.07) is 17.3. The second-order valence-corrected chi connectivity index (χ2v) is 5.88. The lowest BCUT2D eigenvalue weighted by Crippen LogP contribution is -2.10. The van der Waals surface area contributed by atoms with Gasteiger partial charge in [-0.15, -0.1) is 0 Å². The van der Waals surface area contributed by atoms with Gasteiger partial charge in [0.15, 0.2) is 0 Å². The third-order valence-corrected chi connectivity index (χ3v) is 3.81. The summed E-state index contributed by atoms with van der Waals surface area (Å²) in [6.07, 6.45) is -0.864. The normalized spacial score (nSPS) is 10.0. The van der Waals surface area contributed by atoms with Crippen LogP contribution in [0.5, 0.6) is 23.0 Å². The molecule has 8 heteroatoms. The summed E-state index contributed by atoms with van der Waals surface area (Å²) in [7, 11) is 1.19. The fourth-order valence-electron chi connectivity index (χ4n) is 2.30. The van der Waals surface area contributed by atoms with Crippen molar-refractivity contribution in [1.82, 2.24) is 0 Å². The van der Waals surface area contributed by atoms with Crippen LogP contribution in [0.3, 0.4) is 0 Å². The van der Waals surface area contributed by atoms with Crippen LogP contribution in [0.1, 0.15) is 20.7 Å². The molecule has 152 valence electrons. The lowest BCUT2D eigenvalue weighted by atomic mass is 10.2. The predicted molar refractivity (Wildman–Crippen MR) is 104 cm³/mol. The average Bonchev–Trinajstić information content (AvgIpc) is 2.76. The van der Waals surface area contributed by atoms with Crippen molar-refractivity contribution >= 4 is 18.1 Å². The average molecular weight is 408 g/mol. The SMILES string of the molecule is COC(=O)Oc1ccc(C(=O)Oc2ccc(OC(=O)c3ccc(O)cc3)cc2)cc1. The Bertz CT molecular complexity index is 1040. The van der Waals surface area contributed by atoms with Gasteiger partial charge < -0.3 is 24.1 Å². The zero-order valence-corrected chi connectivity index (χ0v) is 15.7. The first-order valence-electron chi connectivity index (χ1n) is 8.64. The van der Waals surface area contributed by atoms with Gasteiger partial charge in [-0.2, -0.15) is 0 Å². The Morgan fingerprint density at radius 1 is 0.600 bits per heavy atom. The van der Waals surface area contributed by atoms with Gasteiger partial charge in [-0.1, -0.05) is 0 Å². The van der Waals surface area contributed by atoms with E-state index in [1.807, 2.05) is 0 Å². The number of carbonyl (C=O) groups excluding carboxylic acids is 3. The summed E-state index contributed by atoms with van der Waals surface area (Å²) in [6.45, 7) is 0. The van der Waals surface area contributed by atoms with E-state index in [9.17, 15) is 19.5 Å². The summed E-state index contributed by atoms with van der Waals surface area (Å²) in [4.78, 5) is 35.3. The molecule has 0 radical (unpaired) electrons. The van der Waals surface area contributed by atoms with Gasteiger partial charge in [0.1, 0.15) is 23.0 Å². The number of hydrogen-bond donors (Lipinski definition) is 1. The number of aromatic hydroxyl groups is 1. The number of methoxy groups -OCH3 is 1. The Hall–Kier alpha value is -4.33. The van der Waals surface area contributed by atoms with E-state index >= 15 is 0 Å². The summed E-state index contributed by atoms with van der Waals surface area (Å²) in [5, 5.41) is 9.25. The number of rotatable bonds is 5. The summed E-state index contributed by atoms with van der Waals surface area (Å²) < 4.78 is 19.7. The lowest BCUT2D eigenvalue weighted by molar-refractivity contribution is 0.0719. The van der Waals surface area contributed by atoms with Gasteiger partial charge in [0.25, 0.3) is 0 Å². The number of phenolic OH excluding ortho intramolecular Hbond substituents is 1. The molecule has 0 amide bonds. The van der Waals surface area contributed by atoms with Crippen LogP contribution in [0.25, 0.3) is 0 Å². The highest BCUT2D eigenvalue weighted by Crippen LogP contribution is 2.21. The molecular formula is C22H16O8. The minimum atomic E-state index is -0.864. The zero-order valence-electron chi connectivity index (χ0n) is 15.7. The van der Waals surface area contributed by atoms with E-state index in [0.717, 1.165) is 0 Å². The maximum atomic E-state index is 12.2. The van der Waals surface area contributed by atoms with Crippen LogP contribution in [-0.4, -0.2) is 30.3 Å². The minimum absolute atomic E-state index is 0.0448. The third-order valence-electron chi connectivity index (χ3n) is 3.81. The maximum Gasteiger partial charge on any atom is 0.513 e. The summed E-state index contributed by atoms with van der Waals surface area (Å²) in [5.74, 6) is -0.430. The second-order valence-electron chi connectivity index (χ2n) is 5.88. The second kappa shape index (κ2) is 9.24. The number of hydrogen-bond acceptors (Lipinski definition) is 8. The summed E-state index contributed by atoms with van der Waals surface area (Å²) >= 11 is 0. The zero-order chi connectivity index (χ0) is 21.5. The standard InChI is InChI=1S/C22H16O8/c1-27-22(26)30-19-8-4-15(5-9-19)21(25)29-18-12-10-17(11-13-18)28-20(24)14-2-6-16(23)7-3-14/h2-13,23H,1H3. The molecule has 0 fully saturated rings. The molecule has 0 heterocycles. The first-order chi connectivity index (χ1) is 14.4. The van der Waals surface area contributed by atoms with E-state index in [1.54, 1.807) is 0 Å². The fourth-order valence-corrected chi connectivity index (χ4v) is 2.30. The van der Waals surface area contributed by atoms with Crippen molar-refractivity contribution in [2.75, 3.05) is 7.11 Å². The first-order valence-corrected chi connectivity index (χ1v) is 8.64. The number of carbonyl (C=O) groups is 3. The molecule has 0 aliphatic heterocycles. The van der Waals surface area contributed by atoms with E-state index in [4.69, 9.17) is 14.2 Å². The molecule has 3 aromatic carbocycles. The predicted octanol–water partition coefficient (Wildman–Crippen LogP) is 3.98. The van der Waals surface area contributed by atoms with Gasteiger partial charge in [-0.25, -0.2) is 14.4 Å². The van der Waals surface area contributed by atoms with Crippen LogP contribution in [0.15, 0.2) is 72.8 Å². The fraction of sp³-hybridized carbons (Fsp3) is 0.0455. The topological polar surface area (TPSA) is 108 Å².